The second-order valence-corrected chi connectivity index (χ2v) is 6.84. The Morgan fingerprint density at radius 2 is 1.59 bits per heavy atom. The maximum atomic E-state index is 11.8. The average Bonchev–Trinajstić information content (AvgIpc) is 2.67. The molecule has 0 aliphatic heterocycles. The lowest BCUT2D eigenvalue weighted by atomic mass is 10.1. The summed E-state index contributed by atoms with van der Waals surface area (Å²) < 4.78 is 5.67. The summed E-state index contributed by atoms with van der Waals surface area (Å²) >= 11 is 0. The van der Waals surface area contributed by atoms with E-state index < -0.39 is 18.4 Å². The summed E-state index contributed by atoms with van der Waals surface area (Å²) in [5, 5.41) is 10.9. The number of nitrogens with zero attached hydrogens (tertiary/aromatic N) is 1. The van der Waals surface area contributed by atoms with E-state index in [9.17, 15) is 9.59 Å². The number of carbonyl (C=O) groups is 2. The van der Waals surface area contributed by atoms with Crippen LogP contribution in [-0.4, -0.2) is 35.1 Å². The molecule has 0 fully saturated rings. The molecular weight excluding hydrogens is 344 g/mol. The molecule has 0 spiro atoms. The number of hydrogen-bond donors (Lipinski definition) is 2. The first-order valence-electron chi connectivity index (χ1n) is 10.2. The van der Waals surface area contributed by atoms with Crippen LogP contribution in [0.1, 0.15) is 88.0 Å². The fourth-order valence-corrected chi connectivity index (χ4v) is 2.83. The lowest BCUT2D eigenvalue weighted by molar-refractivity contribution is -0.135. The van der Waals surface area contributed by atoms with Gasteiger partial charge in [-0.1, -0.05) is 71.1 Å². The lowest BCUT2D eigenvalue weighted by Crippen LogP contribution is -2.29. The number of carboxylic acids is 1. The molecule has 0 unspecified atom stereocenters. The average molecular weight is 379 g/mol. The van der Waals surface area contributed by atoms with Gasteiger partial charge in [0, 0.05) is 12.3 Å². The van der Waals surface area contributed by atoms with E-state index in [2.05, 4.69) is 17.2 Å². The fraction of sp³-hybridized carbons (Fsp3) is 0.667. The van der Waals surface area contributed by atoms with Crippen LogP contribution in [0.15, 0.2) is 18.3 Å². The van der Waals surface area contributed by atoms with Gasteiger partial charge in [-0.3, -0.25) is 14.6 Å². The molecule has 27 heavy (non-hydrogen) atoms. The predicted octanol–water partition coefficient (Wildman–Crippen LogP) is 4.59. The van der Waals surface area contributed by atoms with Crippen molar-refractivity contribution in [3.63, 3.8) is 0 Å². The minimum absolute atomic E-state index is 0.160. The summed E-state index contributed by atoms with van der Waals surface area (Å²) in [6.07, 6.45) is 15.6. The topological polar surface area (TPSA) is 88.5 Å². The Hall–Kier alpha value is -2.11. The number of aliphatic carboxylic acids is 1. The Labute approximate surface area is 162 Å². The zero-order valence-corrected chi connectivity index (χ0v) is 16.5. The third kappa shape index (κ3) is 12.0. The minimum atomic E-state index is -1.09. The van der Waals surface area contributed by atoms with Crippen molar-refractivity contribution in [1.29, 1.82) is 0 Å². The van der Waals surface area contributed by atoms with Gasteiger partial charge in [0.15, 0.2) is 0 Å². The highest BCUT2D eigenvalue weighted by Crippen LogP contribution is 2.13. The normalized spacial score (nSPS) is 10.6. The SMILES string of the molecule is CCCCCCCCCCCCCOc1ccnc(C(=O)NCC(=O)O)c1. The van der Waals surface area contributed by atoms with E-state index in [4.69, 9.17) is 9.84 Å². The highest BCUT2D eigenvalue weighted by molar-refractivity contribution is 5.94. The molecule has 152 valence electrons. The number of amides is 1. The molecule has 1 amide bonds. The number of pyridine rings is 1. The van der Waals surface area contributed by atoms with Crippen LogP contribution in [0, 0.1) is 0 Å². The lowest BCUT2D eigenvalue weighted by Gasteiger charge is -2.08. The summed E-state index contributed by atoms with van der Waals surface area (Å²) in [6, 6.07) is 3.24. The van der Waals surface area contributed by atoms with Crippen molar-refractivity contribution in [2.75, 3.05) is 13.2 Å². The number of hydrogen-bond acceptors (Lipinski definition) is 4. The molecule has 6 nitrogen and oxygen atoms in total. The maximum absolute atomic E-state index is 11.8. The third-order valence-corrected chi connectivity index (χ3v) is 4.38. The quantitative estimate of drug-likeness (QED) is 0.411. The van der Waals surface area contributed by atoms with Gasteiger partial charge in [-0.25, -0.2) is 0 Å². The monoisotopic (exact) mass is 378 g/mol. The number of carbonyl (C=O) groups excluding carboxylic acids is 1. The van der Waals surface area contributed by atoms with Crippen LogP contribution in [0.3, 0.4) is 0 Å². The van der Waals surface area contributed by atoms with Gasteiger partial charge in [-0.15, -0.1) is 0 Å². The molecule has 1 rings (SSSR count). The largest absolute Gasteiger partial charge is 0.493 e. The molecule has 0 saturated carbocycles. The summed E-state index contributed by atoms with van der Waals surface area (Å²) in [4.78, 5) is 26.2. The second kappa shape index (κ2) is 15.0. The second-order valence-electron chi connectivity index (χ2n) is 6.84. The number of unbranched alkanes of at least 4 members (excludes halogenated alkanes) is 10. The first-order valence-corrected chi connectivity index (χ1v) is 10.2. The van der Waals surface area contributed by atoms with E-state index in [0.29, 0.717) is 12.4 Å². The molecule has 0 saturated heterocycles. The molecule has 0 aliphatic carbocycles. The molecule has 0 radical (unpaired) electrons. The number of carboxylic acid groups (broad SMARTS) is 1. The predicted molar refractivity (Wildman–Crippen MR) is 106 cm³/mol. The highest BCUT2D eigenvalue weighted by Gasteiger charge is 2.09. The van der Waals surface area contributed by atoms with E-state index in [1.807, 2.05) is 0 Å². The van der Waals surface area contributed by atoms with Gasteiger partial charge in [0.1, 0.15) is 18.0 Å². The first kappa shape index (κ1) is 22.9. The zero-order valence-electron chi connectivity index (χ0n) is 16.5. The summed E-state index contributed by atoms with van der Waals surface area (Å²) in [5.74, 6) is -1.03. The summed E-state index contributed by atoms with van der Waals surface area (Å²) in [7, 11) is 0. The van der Waals surface area contributed by atoms with Gasteiger partial charge in [-0.05, 0) is 12.5 Å². The Bertz CT molecular complexity index is 549. The van der Waals surface area contributed by atoms with E-state index in [1.165, 1.54) is 70.1 Å². The maximum Gasteiger partial charge on any atom is 0.322 e. The van der Waals surface area contributed by atoms with Crippen molar-refractivity contribution in [2.24, 2.45) is 0 Å². The van der Waals surface area contributed by atoms with Crippen molar-refractivity contribution in [2.45, 2.75) is 77.6 Å². The van der Waals surface area contributed by atoms with E-state index in [0.717, 1.165) is 12.8 Å². The highest BCUT2D eigenvalue weighted by atomic mass is 16.5. The van der Waals surface area contributed by atoms with Crippen LogP contribution in [-0.2, 0) is 4.79 Å². The molecule has 6 heteroatoms. The van der Waals surface area contributed by atoms with Crippen molar-refractivity contribution in [3.05, 3.63) is 24.0 Å². The number of rotatable bonds is 16. The molecule has 2 N–H and O–H groups in total. The minimum Gasteiger partial charge on any atom is -0.493 e. The van der Waals surface area contributed by atoms with Gasteiger partial charge in [-0.2, -0.15) is 0 Å². The number of aromatic nitrogens is 1. The van der Waals surface area contributed by atoms with Gasteiger partial charge in [0.25, 0.3) is 5.91 Å². The van der Waals surface area contributed by atoms with Crippen LogP contribution < -0.4 is 10.1 Å². The van der Waals surface area contributed by atoms with Crippen LogP contribution >= 0.6 is 0 Å². The zero-order chi connectivity index (χ0) is 19.7. The van der Waals surface area contributed by atoms with Gasteiger partial charge >= 0.3 is 5.97 Å². The molecule has 0 bridgehead atoms. The van der Waals surface area contributed by atoms with Crippen LogP contribution in [0.4, 0.5) is 0 Å². The number of ether oxygens (including phenoxy) is 1. The first-order chi connectivity index (χ1) is 13.1. The summed E-state index contributed by atoms with van der Waals surface area (Å²) in [6.45, 7) is 2.43. The van der Waals surface area contributed by atoms with Crippen molar-refractivity contribution < 1.29 is 19.4 Å². The van der Waals surface area contributed by atoms with E-state index in [1.54, 1.807) is 6.07 Å². The van der Waals surface area contributed by atoms with Crippen molar-refractivity contribution in [1.82, 2.24) is 10.3 Å². The van der Waals surface area contributed by atoms with Crippen molar-refractivity contribution >= 4 is 11.9 Å². The number of nitrogens with one attached hydrogen (secondary N) is 1. The smallest absolute Gasteiger partial charge is 0.322 e. The third-order valence-electron chi connectivity index (χ3n) is 4.38. The van der Waals surface area contributed by atoms with Crippen LogP contribution in [0.2, 0.25) is 0 Å². The van der Waals surface area contributed by atoms with Gasteiger partial charge < -0.3 is 15.2 Å². The Kier molecular flexibility index (Phi) is 12.7. The molecule has 1 heterocycles. The Morgan fingerprint density at radius 1 is 1.00 bits per heavy atom. The van der Waals surface area contributed by atoms with Gasteiger partial charge in [0.05, 0.1) is 6.61 Å². The molecule has 0 aliphatic rings. The Balaban J connectivity index is 2.07. The van der Waals surface area contributed by atoms with E-state index in [-0.39, 0.29) is 5.69 Å². The van der Waals surface area contributed by atoms with Crippen LogP contribution in [0.25, 0.3) is 0 Å². The van der Waals surface area contributed by atoms with E-state index >= 15 is 0 Å². The van der Waals surface area contributed by atoms with Gasteiger partial charge in [0.2, 0.25) is 0 Å². The van der Waals surface area contributed by atoms with Crippen molar-refractivity contribution in [3.8, 4) is 5.75 Å². The summed E-state index contributed by atoms with van der Waals surface area (Å²) in [5.41, 5.74) is 0.160. The fourth-order valence-electron chi connectivity index (χ4n) is 2.83. The standard InChI is InChI=1S/C21H34N2O4/c1-2-3-4-5-6-7-8-9-10-11-12-15-27-18-13-14-22-19(16-18)21(26)23-17-20(24)25/h13-14,16H,2-12,15,17H2,1H3,(H,23,26)(H,24,25). The molecule has 0 atom stereocenters. The molecular formula is C21H34N2O4. The molecule has 1 aromatic heterocycles. The van der Waals surface area contributed by atoms with Crippen LogP contribution in [0.5, 0.6) is 5.75 Å². The Morgan fingerprint density at radius 3 is 2.19 bits per heavy atom. The molecule has 1 aromatic rings. The molecule has 0 aromatic carbocycles.